The summed E-state index contributed by atoms with van der Waals surface area (Å²) in [5.41, 5.74) is 3.73. The standard InChI is InChI=1S/C25H30BrN5O2S/c1-25(2,18-5-7-19(26)8-6-18)22-16-34-24(29-22)30-23(33)28-21(15-32)17-3-9-20(10-4-17)31-13-11-27-12-14-31/h3-10,16,21,27,32H,11-15H2,1-2H3,(H2,28,29,30,33). The molecule has 180 valence electrons. The van der Waals surface area contributed by atoms with Gasteiger partial charge in [-0.15, -0.1) is 11.3 Å². The second-order valence-corrected chi connectivity index (χ2v) is 10.6. The lowest BCUT2D eigenvalue weighted by molar-refractivity contribution is 0.225. The van der Waals surface area contributed by atoms with E-state index in [0.29, 0.717) is 5.13 Å². The number of carbonyl (C=O) groups excluding carboxylic acids is 1. The van der Waals surface area contributed by atoms with Crippen LogP contribution in [0.3, 0.4) is 0 Å². The van der Waals surface area contributed by atoms with Gasteiger partial charge in [0.2, 0.25) is 0 Å². The molecule has 4 N–H and O–H groups in total. The summed E-state index contributed by atoms with van der Waals surface area (Å²) >= 11 is 4.86. The molecule has 0 spiro atoms. The number of nitrogens with one attached hydrogen (secondary N) is 3. The smallest absolute Gasteiger partial charge is 0.321 e. The summed E-state index contributed by atoms with van der Waals surface area (Å²) in [6, 6.07) is 15.3. The number of aliphatic hydroxyl groups excluding tert-OH is 1. The monoisotopic (exact) mass is 543 g/mol. The van der Waals surface area contributed by atoms with Gasteiger partial charge in [0.15, 0.2) is 5.13 Å². The Morgan fingerprint density at radius 3 is 2.50 bits per heavy atom. The van der Waals surface area contributed by atoms with Crippen molar-refractivity contribution < 1.29 is 9.90 Å². The summed E-state index contributed by atoms with van der Waals surface area (Å²) in [6.07, 6.45) is 0. The molecule has 4 rings (SSSR count). The van der Waals surface area contributed by atoms with Gasteiger partial charge >= 0.3 is 6.03 Å². The number of benzene rings is 2. The molecular formula is C25H30BrN5O2S. The van der Waals surface area contributed by atoms with Gasteiger partial charge in [0, 0.05) is 47.1 Å². The van der Waals surface area contributed by atoms with E-state index in [1.807, 2.05) is 41.8 Å². The molecule has 1 fully saturated rings. The molecule has 2 heterocycles. The zero-order valence-electron chi connectivity index (χ0n) is 19.3. The van der Waals surface area contributed by atoms with Gasteiger partial charge in [-0.1, -0.05) is 54.0 Å². The number of urea groups is 1. The van der Waals surface area contributed by atoms with Crippen LogP contribution in [0.25, 0.3) is 0 Å². The number of aliphatic hydroxyl groups is 1. The summed E-state index contributed by atoms with van der Waals surface area (Å²) in [4.78, 5) is 19.6. The van der Waals surface area contributed by atoms with Crippen LogP contribution >= 0.6 is 27.3 Å². The Kier molecular flexibility index (Phi) is 7.88. The molecule has 0 aliphatic carbocycles. The number of hydrogen-bond acceptors (Lipinski definition) is 6. The summed E-state index contributed by atoms with van der Waals surface area (Å²) < 4.78 is 1.03. The Bertz CT molecular complexity index is 1100. The second-order valence-electron chi connectivity index (χ2n) is 8.83. The van der Waals surface area contributed by atoms with E-state index in [0.717, 1.165) is 53.2 Å². The Morgan fingerprint density at radius 1 is 1.18 bits per heavy atom. The van der Waals surface area contributed by atoms with Crippen molar-refractivity contribution in [1.29, 1.82) is 0 Å². The number of hydrogen-bond donors (Lipinski definition) is 4. The van der Waals surface area contributed by atoms with Gasteiger partial charge < -0.3 is 20.6 Å². The first-order valence-corrected chi connectivity index (χ1v) is 13.0. The quantitative estimate of drug-likeness (QED) is 0.352. The zero-order chi connectivity index (χ0) is 24.1. The van der Waals surface area contributed by atoms with Crippen molar-refractivity contribution in [3.63, 3.8) is 0 Å². The fourth-order valence-corrected chi connectivity index (χ4v) is 5.14. The van der Waals surface area contributed by atoms with Crippen LogP contribution in [0.5, 0.6) is 0 Å². The Balaban J connectivity index is 1.38. The third kappa shape index (κ3) is 5.78. The van der Waals surface area contributed by atoms with Crippen molar-refractivity contribution in [2.75, 3.05) is 43.0 Å². The minimum atomic E-state index is -0.504. The molecule has 3 aromatic rings. The topological polar surface area (TPSA) is 89.5 Å². The van der Waals surface area contributed by atoms with Gasteiger partial charge in [0.05, 0.1) is 18.3 Å². The minimum Gasteiger partial charge on any atom is -0.394 e. The Morgan fingerprint density at radius 2 is 1.85 bits per heavy atom. The summed E-state index contributed by atoms with van der Waals surface area (Å²) in [5.74, 6) is 0. The van der Waals surface area contributed by atoms with Gasteiger partial charge in [-0.3, -0.25) is 5.32 Å². The molecule has 0 bridgehead atoms. The Hall–Kier alpha value is -2.46. The van der Waals surface area contributed by atoms with Crippen LogP contribution in [0.4, 0.5) is 15.6 Å². The molecule has 1 atom stereocenters. The van der Waals surface area contributed by atoms with Crippen LogP contribution < -0.4 is 20.9 Å². The van der Waals surface area contributed by atoms with Crippen molar-refractivity contribution >= 4 is 44.1 Å². The second kappa shape index (κ2) is 10.9. The maximum Gasteiger partial charge on any atom is 0.321 e. The van der Waals surface area contributed by atoms with Gasteiger partial charge in [0.1, 0.15) is 0 Å². The third-order valence-corrected chi connectivity index (χ3v) is 7.48. The average molecular weight is 545 g/mol. The lowest BCUT2D eigenvalue weighted by atomic mass is 9.82. The molecule has 2 amide bonds. The molecule has 34 heavy (non-hydrogen) atoms. The Labute approximate surface area is 212 Å². The van der Waals surface area contributed by atoms with E-state index in [9.17, 15) is 9.90 Å². The first kappa shape index (κ1) is 24.7. The maximum atomic E-state index is 12.6. The van der Waals surface area contributed by atoms with Gasteiger partial charge in [0.25, 0.3) is 0 Å². The van der Waals surface area contributed by atoms with E-state index in [1.165, 1.54) is 11.3 Å². The van der Waals surface area contributed by atoms with Crippen LogP contribution in [0.1, 0.15) is 36.7 Å². The van der Waals surface area contributed by atoms with E-state index >= 15 is 0 Å². The van der Waals surface area contributed by atoms with E-state index in [-0.39, 0.29) is 12.0 Å². The van der Waals surface area contributed by atoms with E-state index in [4.69, 9.17) is 0 Å². The van der Waals surface area contributed by atoms with Crippen molar-refractivity contribution in [3.05, 3.63) is 75.2 Å². The lowest BCUT2D eigenvalue weighted by Crippen LogP contribution is -2.43. The highest BCUT2D eigenvalue weighted by Crippen LogP contribution is 2.34. The van der Waals surface area contributed by atoms with E-state index in [1.54, 1.807) is 0 Å². The van der Waals surface area contributed by atoms with Crippen LogP contribution in [0.15, 0.2) is 58.4 Å². The summed E-state index contributed by atoms with van der Waals surface area (Å²) in [6.45, 7) is 7.92. The number of amides is 2. The van der Waals surface area contributed by atoms with Crippen LogP contribution in [0.2, 0.25) is 0 Å². The molecular weight excluding hydrogens is 514 g/mol. The van der Waals surface area contributed by atoms with Gasteiger partial charge in [-0.05, 0) is 35.4 Å². The summed E-state index contributed by atoms with van der Waals surface area (Å²) in [5, 5.41) is 21.4. The fourth-order valence-electron chi connectivity index (χ4n) is 4.00. The van der Waals surface area contributed by atoms with Gasteiger partial charge in [-0.25, -0.2) is 9.78 Å². The number of carbonyl (C=O) groups is 1. The zero-order valence-corrected chi connectivity index (χ0v) is 21.7. The molecule has 9 heteroatoms. The first-order valence-electron chi connectivity index (χ1n) is 11.3. The van der Waals surface area contributed by atoms with Crippen molar-refractivity contribution in [2.24, 2.45) is 0 Å². The SMILES string of the molecule is CC(C)(c1ccc(Br)cc1)c1csc(NC(=O)NC(CO)c2ccc(N3CCNCC3)cc2)n1. The van der Waals surface area contributed by atoms with Crippen LogP contribution in [-0.2, 0) is 5.41 Å². The number of anilines is 2. The number of thiazole rings is 1. The molecule has 1 unspecified atom stereocenters. The first-order chi connectivity index (χ1) is 16.4. The fraction of sp³-hybridized carbons (Fsp3) is 0.360. The van der Waals surface area contributed by atoms with E-state index < -0.39 is 12.1 Å². The molecule has 1 aliphatic heterocycles. The molecule has 0 saturated carbocycles. The van der Waals surface area contributed by atoms with Crippen molar-refractivity contribution in [2.45, 2.75) is 25.3 Å². The minimum absolute atomic E-state index is 0.194. The molecule has 2 aromatic carbocycles. The predicted molar refractivity (Wildman–Crippen MR) is 142 cm³/mol. The summed E-state index contributed by atoms with van der Waals surface area (Å²) in [7, 11) is 0. The molecule has 1 aliphatic rings. The highest BCUT2D eigenvalue weighted by molar-refractivity contribution is 9.10. The van der Waals surface area contributed by atoms with E-state index in [2.05, 4.69) is 67.7 Å². The molecule has 1 aromatic heterocycles. The molecule has 0 radical (unpaired) electrons. The largest absolute Gasteiger partial charge is 0.394 e. The maximum absolute atomic E-state index is 12.6. The van der Waals surface area contributed by atoms with Crippen LogP contribution in [-0.4, -0.2) is 48.9 Å². The highest BCUT2D eigenvalue weighted by atomic mass is 79.9. The number of aromatic nitrogens is 1. The van der Waals surface area contributed by atoms with Crippen molar-refractivity contribution in [1.82, 2.24) is 15.6 Å². The van der Waals surface area contributed by atoms with Crippen molar-refractivity contribution in [3.8, 4) is 0 Å². The third-order valence-electron chi connectivity index (χ3n) is 6.20. The van der Waals surface area contributed by atoms with Crippen LogP contribution in [0, 0.1) is 0 Å². The average Bonchev–Trinajstić information content (AvgIpc) is 3.33. The molecule has 1 saturated heterocycles. The number of nitrogens with zero attached hydrogens (tertiary/aromatic N) is 2. The predicted octanol–water partition coefficient (Wildman–Crippen LogP) is 4.50. The van der Waals surface area contributed by atoms with Gasteiger partial charge in [-0.2, -0.15) is 0 Å². The molecule has 7 nitrogen and oxygen atoms in total. The number of piperazine rings is 1. The lowest BCUT2D eigenvalue weighted by Gasteiger charge is -2.29. The normalized spacial score (nSPS) is 15.1. The highest BCUT2D eigenvalue weighted by Gasteiger charge is 2.26. The number of halogens is 1. The number of rotatable bonds is 7.